The molecular weight excluding hydrogens is 414 g/mol. The smallest absolute Gasteiger partial charge is 0.410 e. The van der Waals surface area contributed by atoms with Gasteiger partial charge in [0.25, 0.3) is 0 Å². The molecule has 1 aliphatic heterocycles. The number of carbonyl (C=O) groups excluding carboxylic acids is 3. The maximum Gasteiger partial charge on any atom is 0.410 e. The maximum absolute atomic E-state index is 13.1. The molecule has 1 N–H and O–H groups in total. The van der Waals surface area contributed by atoms with Crippen LogP contribution in [0.1, 0.15) is 30.5 Å². The third kappa shape index (κ3) is 5.45. The van der Waals surface area contributed by atoms with Crippen LogP contribution in [-0.4, -0.2) is 53.9 Å². The fraction of sp³-hybridized carbons (Fsp3) is 0.375. The van der Waals surface area contributed by atoms with E-state index in [1.807, 2.05) is 48.5 Å². The van der Waals surface area contributed by atoms with Gasteiger partial charge in [-0.2, -0.15) is 0 Å². The quantitative estimate of drug-likeness (QED) is 0.472. The monoisotopic (exact) mass is 441 g/mol. The van der Waals surface area contributed by atoms with Crippen LogP contribution in [0.4, 0.5) is 4.79 Å². The summed E-state index contributed by atoms with van der Waals surface area (Å²) in [4.78, 5) is 39.3. The Bertz CT molecular complexity index is 916. The van der Waals surface area contributed by atoms with Crippen LogP contribution >= 0.6 is 0 Å². The molecule has 1 aliphatic rings. The van der Waals surface area contributed by atoms with Gasteiger partial charge < -0.3 is 19.3 Å². The van der Waals surface area contributed by atoms with E-state index in [-0.39, 0.29) is 19.6 Å². The second-order valence-electron chi connectivity index (χ2n) is 7.62. The third-order valence-electron chi connectivity index (χ3n) is 5.49. The summed E-state index contributed by atoms with van der Waals surface area (Å²) in [5, 5.41) is 10.5. The number of esters is 2. The van der Waals surface area contributed by atoms with Crippen molar-refractivity contribution in [2.24, 2.45) is 5.92 Å². The van der Waals surface area contributed by atoms with Crippen LogP contribution in [0.2, 0.25) is 0 Å². The van der Waals surface area contributed by atoms with Gasteiger partial charge in [-0.1, -0.05) is 60.7 Å². The molecule has 1 heterocycles. The zero-order chi connectivity index (χ0) is 23.1. The Labute approximate surface area is 186 Å². The van der Waals surface area contributed by atoms with Crippen molar-refractivity contribution in [2.45, 2.75) is 38.1 Å². The molecule has 170 valence electrons. The van der Waals surface area contributed by atoms with Crippen LogP contribution in [0, 0.1) is 5.92 Å². The number of nitrogens with zero attached hydrogens (tertiary/aromatic N) is 1. The van der Waals surface area contributed by atoms with Crippen molar-refractivity contribution in [3.05, 3.63) is 71.8 Å². The van der Waals surface area contributed by atoms with Gasteiger partial charge in [-0.3, -0.25) is 14.5 Å². The number of rotatable bonds is 9. The van der Waals surface area contributed by atoms with Crippen LogP contribution in [0.5, 0.6) is 0 Å². The Morgan fingerprint density at radius 1 is 1.12 bits per heavy atom. The predicted octanol–water partition coefficient (Wildman–Crippen LogP) is 2.85. The van der Waals surface area contributed by atoms with Crippen LogP contribution in [0.25, 0.3) is 0 Å². The second kappa shape index (κ2) is 10.8. The number of benzene rings is 2. The lowest BCUT2D eigenvalue weighted by molar-refractivity contribution is -0.158. The number of cyclic esters (lactones) is 1. The third-order valence-corrected chi connectivity index (χ3v) is 5.49. The standard InChI is InChI=1S/C24H27NO7/c1-16(26)22(23(28)31-14-17-9-5-3-6-10-17)19(13-21(27)30-2)25-20(15-32-24(25)29)18-11-7-4-8-12-18/h3-12,16,19-20,22,26H,13-15H2,1-2H3/t16?,19?,20-,22?/m1/s1. The molecule has 0 spiro atoms. The topological polar surface area (TPSA) is 102 Å². The highest BCUT2D eigenvalue weighted by Gasteiger charge is 2.47. The van der Waals surface area contributed by atoms with E-state index in [1.165, 1.54) is 18.9 Å². The maximum atomic E-state index is 13.1. The highest BCUT2D eigenvalue weighted by atomic mass is 16.6. The number of amides is 1. The Balaban J connectivity index is 1.90. The average Bonchev–Trinajstić information content (AvgIpc) is 3.19. The Morgan fingerprint density at radius 3 is 2.34 bits per heavy atom. The summed E-state index contributed by atoms with van der Waals surface area (Å²) in [6.45, 7) is 1.49. The van der Waals surface area contributed by atoms with E-state index < -0.39 is 42.1 Å². The molecule has 0 radical (unpaired) electrons. The lowest BCUT2D eigenvalue weighted by Crippen LogP contribution is -2.50. The molecule has 1 amide bonds. The van der Waals surface area contributed by atoms with Crippen molar-refractivity contribution < 1.29 is 33.7 Å². The van der Waals surface area contributed by atoms with E-state index in [1.54, 1.807) is 12.1 Å². The molecule has 32 heavy (non-hydrogen) atoms. The molecule has 0 saturated carbocycles. The summed E-state index contributed by atoms with van der Waals surface area (Å²) in [5.41, 5.74) is 1.56. The minimum atomic E-state index is -1.20. The highest BCUT2D eigenvalue weighted by molar-refractivity contribution is 5.79. The summed E-state index contributed by atoms with van der Waals surface area (Å²) in [7, 11) is 1.22. The first-order valence-electron chi connectivity index (χ1n) is 10.4. The van der Waals surface area contributed by atoms with Gasteiger partial charge in [0, 0.05) is 0 Å². The summed E-state index contributed by atoms with van der Waals surface area (Å²) in [6.07, 6.45) is -2.17. The predicted molar refractivity (Wildman–Crippen MR) is 114 cm³/mol. The zero-order valence-corrected chi connectivity index (χ0v) is 18.0. The van der Waals surface area contributed by atoms with Gasteiger partial charge in [-0.25, -0.2) is 4.79 Å². The minimum Gasteiger partial charge on any atom is -0.469 e. The highest BCUT2D eigenvalue weighted by Crippen LogP contribution is 2.35. The van der Waals surface area contributed by atoms with Gasteiger partial charge in [0.1, 0.15) is 19.1 Å². The van der Waals surface area contributed by atoms with Crippen molar-refractivity contribution >= 4 is 18.0 Å². The SMILES string of the molecule is COC(=O)CC(C(C(=O)OCc1ccccc1)C(C)O)N1C(=O)OC[C@@H]1c1ccccc1. The molecule has 8 heteroatoms. The minimum absolute atomic E-state index is 0.000395. The number of hydrogen-bond acceptors (Lipinski definition) is 7. The fourth-order valence-electron chi connectivity index (χ4n) is 3.88. The molecule has 0 bridgehead atoms. The van der Waals surface area contributed by atoms with Gasteiger partial charge in [0.05, 0.1) is 31.7 Å². The normalized spacial score (nSPS) is 18.4. The van der Waals surface area contributed by atoms with Gasteiger partial charge in [0.15, 0.2) is 0 Å². The van der Waals surface area contributed by atoms with E-state index in [2.05, 4.69) is 0 Å². The molecule has 0 aromatic heterocycles. The second-order valence-corrected chi connectivity index (χ2v) is 7.62. The van der Waals surface area contributed by atoms with E-state index in [4.69, 9.17) is 14.2 Å². The number of carbonyl (C=O) groups is 3. The van der Waals surface area contributed by atoms with Gasteiger partial charge >= 0.3 is 18.0 Å². The van der Waals surface area contributed by atoms with Crippen molar-refractivity contribution in [1.82, 2.24) is 4.90 Å². The molecule has 4 atom stereocenters. The molecule has 3 unspecified atom stereocenters. The summed E-state index contributed by atoms with van der Waals surface area (Å²) in [5.74, 6) is -2.53. The first kappa shape index (κ1) is 23.3. The van der Waals surface area contributed by atoms with Gasteiger partial charge in [-0.15, -0.1) is 0 Å². The zero-order valence-electron chi connectivity index (χ0n) is 18.0. The molecule has 1 saturated heterocycles. The van der Waals surface area contributed by atoms with E-state index in [9.17, 15) is 19.5 Å². The largest absolute Gasteiger partial charge is 0.469 e. The lowest BCUT2D eigenvalue weighted by atomic mass is 9.89. The first-order valence-corrected chi connectivity index (χ1v) is 10.4. The molecule has 2 aromatic rings. The van der Waals surface area contributed by atoms with Crippen LogP contribution < -0.4 is 0 Å². The van der Waals surface area contributed by atoms with Gasteiger partial charge in [-0.05, 0) is 18.1 Å². The molecular formula is C24H27NO7. The van der Waals surface area contributed by atoms with Crippen molar-refractivity contribution in [3.63, 3.8) is 0 Å². The van der Waals surface area contributed by atoms with Crippen LogP contribution in [-0.2, 0) is 30.4 Å². The molecule has 1 fully saturated rings. The van der Waals surface area contributed by atoms with E-state index in [0.29, 0.717) is 0 Å². The van der Waals surface area contributed by atoms with Crippen LogP contribution in [0.3, 0.4) is 0 Å². The molecule has 2 aromatic carbocycles. The first-order chi connectivity index (χ1) is 15.4. The van der Waals surface area contributed by atoms with E-state index >= 15 is 0 Å². The summed E-state index contributed by atoms with van der Waals surface area (Å²) < 4.78 is 15.5. The number of hydrogen-bond donors (Lipinski definition) is 1. The number of ether oxygens (including phenoxy) is 3. The number of aliphatic hydroxyl groups excluding tert-OH is 1. The lowest BCUT2D eigenvalue weighted by Gasteiger charge is -2.35. The van der Waals surface area contributed by atoms with Gasteiger partial charge in [0.2, 0.25) is 0 Å². The molecule has 0 aliphatic carbocycles. The average molecular weight is 441 g/mol. The molecule has 3 rings (SSSR count). The van der Waals surface area contributed by atoms with E-state index in [0.717, 1.165) is 11.1 Å². The summed E-state index contributed by atoms with van der Waals surface area (Å²) >= 11 is 0. The fourth-order valence-corrected chi connectivity index (χ4v) is 3.88. The van der Waals surface area contributed by atoms with Crippen molar-refractivity contribution in [3.8, 4) is 0 Å². The number of aliphatic hydroxyl groups is 1. The Morgan fingerprint density at radius 2 is 1.75 bits per heavy atom. The van der Waals surface area contributed by atoms with Crippen LogP contribution in [0.15, 0.2) is 60.7 Å². The Hall–Kier alpha value is -3.39. The summed E-state index contributed by atoms with van der Waals surface area (Å²) in [6, 6.07) is 16.7. The molecule has 8 nitrogen and oxygen atoms in total. The van der Waals surface area contributed by atoms with Crippen molar-refractivity contribution in [2.75, 3.05) is 13.7 Å². The Kier molecular flexibility index (Phi) is 7.83. The van der Waals surface area contributed by atoms with Crippen molar-refractivity contribution in [1.29, 1.82) is 0 Å². The number of methoxy groups -OCH3 is 1.